The maximum atomic E-state index is 12.7. The fourth-order valence-corrected chi connectivity index (χ4v) is 5.07. The van der Waals surface area contributed by atoms with Crippen LogP contribution in [0.25, 0.3) is 0 Å². The number of anilines is 1. The van der Waals surface area contributed by atoms with E-state index in [1.165, 1.54) is 6.42 Å². The maximum Gasteiger partial charge on any atom is 0.241 e. The zero-order valence-corrected chi connectivity index (χ0v) is 14.2. The van der Waals surface area contributed by atoms with E-state index in [2.05, 4.69) is 17.0 Å². The van der Waals surface area contributed by atoms with Gasteiger partial charge in [0.15, 0.2) is 0 Å². The van der Waals surface area contributed by atoms with Crippen LogP contribution in [-0.2, 0) is 10.0 Å². The van der Waals surface area contributed by atoms with Gasteiger partial charge in [0.05, 0.1) is 4.90 Å². The van der Waals surface area contributed by atoms with Gasteiger partial charge in [0, 0.05) is 18.8 Å². The Morgan fingerprint density at radius 1 is 1.14 bits per heavy atom. The molecule has 2 rings (SSSR count). The van der Waals surface area contributed by atoms with E-state index in [0.29, 0.717) is 10.8 Å². The summed E-state index contributed by atoms with van der Waals surface area (Å²) in [5.41, 5.74) is 2.52. The Balaban J connectivity index is 2.27. The van der Waals surface area contributed by atoms with Gasteiger partial charge in [0.2, 0.25) is 10.0 Å². The third-order valence-corrected chi connectivity index (χ3v) is 6.10. The number of aryl methyl sites for hydroxylation is 2. The van der Waals surface area contributed by atoms with Crippen LogP contribution in [0.5, 0.6) is 0 Å². The molecule has 2 N–H and O–H groups in total. The lowest BCUT2D eigenvalue weighted by Gasteiger charge is -2.27. The molecule has 5 heteroatoms. The van der Waals surface area contributed by atoms with Crippen molar-refractivity contribution < 1.29 is 8.42 Å². The molecule has 0 aliphatic heterocycles. The fourth-order valence-electron chi connectivity index (χ4n) is 3.34. The molecule has 4 nitrogen and oxygen atoms in total. The largest absolute Gasteiger partial charge is 0.388 e. The zero-order valence-electron chi connectivity index (χ0n) is 13.4. The third kappa shape index (κ3) is 3.77. The van der Waals surface area contributed by atoms with Crippen LogP contribution in [0.4, 0.5) is 5.69 Å². The highest BCUT2D eigenvalue weighted by Crippen LogP contribution is 2.28. The zero-order chi connectivity index (χ0) is 15.6. The Bertz CT molecular complexity index is 588. The first-order valence-electron chi connectivity index (χ1n) is 7.65. The molecule has 1 saturated carbocycles. The molecule has 21 heavy (non-hydrogen) atoms. The summed E-state index contributed by atoms with van der Waals surface area (Å²) in [7, 11) is -1.61. The van der Waals surface area contributed by atoms with Crippen molar-refractivity contribution in [2.75, 3.05) is 12.4 Å². The highest BCUT2D eigenvalue weighted by Gasteiger charge is 2.26. The molecule has 0 bridgehead atoms. The Hall–Kier alpha value is -1.07. The first-order chi connectivity index (χ1) is 9.83. The van der Waals surface area contributed by atoms with E-state index in [9.17, 15) is 8.42 Å². The van der Waals surface area contributed by atoms with Gasteiger partial charge in [0.25, 0.3) is 0 Å². The minimum atomic E-state index is -3.45. The van der Waals surface area contributed by atoms with E-state index in [1.54, 1.807) is 0 Å². The van der Waals surface area contributed by atoms with Crippen molar-refractivity contribution in [3.8, 4) is 0 Å². The van der Waals surface area contributed by atoms with Crippen LogP contribution < -0.4 is 10.0 Å². The van der Waals surface area contributed by atoms with E-state index >= 15 is 0 Å². The highest BCUT2D eigenvalue weighted by molar-refractivity contribution is 7.89. The Kier molecular flexibility index (Phi) is 4.94. The highest BCUT2D eigenvalue weighted by atomic mass is 32.2. The Labute approximate surface area is 128 Å². The minimum Gasteiger partial charge on any atom is -0.388 e. The van der Waals surface area contributed by atoms with Gasteiger partial charge in [-0.1, -0.05) is 19.8 Å². The second-order valence-corrected chi connectivity index (χ2v) is 7.93. The van der Waals surface area contributed by atoms with Crippen molar-refractivity contribution in [2.45, 2.75) is 57.4 Å². The summed E-state index contributed by atoms with van der Waals surface area (Å²) in [6, 6.07) is 3.83. The molecule has 1 aromatic rings. The molecule has 0 saturated heterocycles. The summed E-state index contributed by atoms with van der Waals surface area (Å²) in [4.78, 5) is 0.430. The van der Waals surface area contributed by atoms with E-state index in [0.717, 1.165) is 36.1 Å². The molecule has 1 fully saturated rings. The fraction of sp³-hybridized carbons (Fsp3) is 0.625. The van der Waals surface area contributed by atoms with Gasteiger partial charge in [0.1, 0.15) is 0 Å². The second kappa shape index (κ2) is 6.36. The topological polar surface area (TPSA) is 58.2 Å². The van der Waals surface area contributed by atoms with Gasteiger partial charge >= 0.3 is 0 Å². The van der Waals surface area contributed by atoms with Crippen molar-refractivity contribution in [1.29, 1.82) is 0 Å². The predicted octanol–water partition coefficient (Wildman–Crippen LogP) is 3.20. The molecule has 2 unspecified atom stereocenters. The summed E-state index contributed by atoms with van der Waals surface area (Å²) in [5.74, 6) is 0.598. The first kappa shape index (κ1) is 16.3. The van der Waals surface area contributed by atoms with Crippen LogP contribution in [0, 0.1) is 19.8 Å². The van der Waals surface area contributed by atoms with Crippen LogP contribution in [0.15, 0.2) is 17.0 Å². The monoisotopic (exact) mass is 310 g/mol. The molecule has 0 heterocycles. The number of sulfonamides is 1. The SMILES string of the molecule is CNc1cc(C)c(S(=O)(=O)NC2CCCC(C)C2)c(C)c1. The summed E-state index contributed by atoms with van der Waals surface area (Å²) in [6.45, 7) is 5.90. The van der Waals surface area contributed by atoms with Gasteiger partial charge < -0.3 is 5.32 Å². The summed E-state index contributed by atoms with van der Waals surface area (Å²) in [6.07, 6.45) is 4.18. The van der Waals surface area contributed by atoms with Crippen molar-refractivity contribution in [2.24, 2.45) is 5.92 Å². The van der Waals surface area contributed by atoms with Gasteiger partial charge in [-0.05, 0) is 55.9 Å². The molecule has 1 aliphatic rings. The molecule has 1 aliphatic carbocycles. The third-order valence-electron chi connectivity index (χ3n) is 4.28. The standard InChI is InChI=1S/C16H26N2O2S/c1-11-6-5-7-14(8-11)18-21(19,20)16-12(2)9-15(17-4)10-13(16)3/h9-11,14,17-18H,5-8H2,1-4H3. The van der Waals surface area contributed by atoms with Gasteiger partial charge in [-0.15, -0.1) is 0 Å². The summed E-state index contributed by atoms with van der Waals surface area (Å²) >= 11 is 0. The maximum absolute atomic E-state index is 12.7. The lowest BCUT2D eigenvalue weighted by atomic mass is 9.88. The molecular formula is C16H26N2O2S. The van der Waals surface area contributed by atoms with Gasteiger partial charge in [-0.25, -0.2) is 13.1 Å². The number of hydrogen-bond donors (Lipinski definition) is 2. The Morgan fingerprint density at radius 2 is 1.76 bits per heavy atom. The van der Waals surface area contributed by atoms with Crippen molar-refractivity contribution >= 4 is 15.7 Å². The molecule has 0 radical (unpaired) electrons. The number of benzene rings is 1. The van der Waals surface area contributed by atoms with E-state index < -0.39 is 10.0 Å². The minimum absolute atomic E-state index is 0.0709. The van der Waals surface area contributed by atoms with Crippen LogP contribution >= 0.6 is 0 Å². The first-order valence-corrected chi connectivity index (χ1v) is 9.13. The van der Waals surface area contributed by atoms with E-state index in [-0.39, 0.29) is 6.04 Å². The Morgan fingerprint density at radius 3 is 2.29 bits per heavy atom. The van der Waals surface area contributed by atoms with E-state index in [4.69, 9.17) is 0 Å². The lowest BCUT2D eigenvalue weighted by Crippen LogP contribution is -2.38. The van der Waals surface area contributed by atoms with Crippen LogP contribution in [-0.4, -0.2) is 21.5 Å². The number of rotatable bonds is 4. The average Bonchev–Trinajstić information content (AvgIpc) is 2.36. The second-order valence-electron chi connectivity index (χ2n) is 6.28. The molecule has 0 amide bonds. The quantitative estimate of drug-likeness (QED) is 0.898. The van der Waals surface area contributed by atoms with Gasteiger partial charge in [-0.2, -0.15) is 0 Å². The molecule has 118 valence electrons. The van der Waals surface area contributed by atoms with Crippen LogP contribution in [0.1, 0.15) is 43.7 Å². The predicted molar refractivity (Wildman–Crippen MR) is 87.2 cm³/mol. The van der Waals surface area contributed by atoms with Crippen LogP contribution in [0.3, 0.4) is 0 Å². The average molecular weight is 310 g/mol. The van der Waals surface area contributed by atoms with Crippen LogP contribution in [0.2, 0.25) is 0 Å². The molecule has 1 aromatic carbocycles. The normalized spacial score (nSPS) is 23.0. The summed E-state index contributed by atoms with van der Waals surface area (Å²) < 4.78 is 28.3. The van der Waals surface area contributed by atoms with E-state index in [1.807, 2.05) is 33.0 Å². The summed E-state index contributed by atoms with van der Waals surface area (Å²) in [5, 5.41) is 3.06. The smallest absolute Gasteiger partial charge is 0.241 e. The molecule has 0 aromatic heterocycles. The van der Waals surface area contributed by atoms with Crippen molar-refractivity contribution in [3.05, 3.63) is 23.3 Å². The lowest BCUT2D eigenvalue weighted by molar-refractivity contribution is 0.327. The molecule has 2 atom stereocenters. The molecular weight excluding hydrogens is 284 g/mol. The number of nitrogens with one attached hydrogen (secondary N) is 2. The van der Waals surface area contributed by atoms with Crippen molar-refractivity contribution in [1.82, 2.24) is 4.72 Å². The van der Waals surface area contributed by atoms with Crippen molar-refractivity contribution in [3.63, 3.8) is 0 Å². The number of hydrogen-bond acceptors (Lipinski definition) is 3. The van der Waals surface area contributed by atoms with Gasteiger partial charge in [-0.3, -0.25) is 0 Å². The molecule has 0 spiro atoms.